The first-order valence-corrected chi connectivity index (χ1v) is 5.52. The predicted octanol–water partition coefficient (Wildman–Crippen LogP) is 2.38. The van der Waals surface area contributed by atoms with Crippen molar-refractivity contribution in [1.29, 1.82) is 0 Å². The van der Waals surface area contributed by atoms with E-state index >= 15 is 0 Å². The molecule has 0 saturated heterocycles. The van der Waals surface area contributed by atoms with Gasteiger partial charge in [0.15, 0.2) is 5.12 Å². The number of aromatic nitrogens is 1. The van der Waals surface area contributed by atoms with E-state index in [1.807, 2.05) is 0 Å². The maximum absolute atomic E-state index is 13.0. The van der Waals surface area contributed by atoms with Gasteiger partial charge in [-0.15, -0.1) is 0 Å². The SMILES string of the molecule is CC(=O)SCCC#Cc1ccc(F)nc1F. The molecule has 0 aliphatic carbocycles. The third-order valence-corrected chi connectivity index (χ3v) is 2.38. The van der Waals surface area contributed by atoms with Gasteiger partial charge in [0.05, 0.1) is 5.56 Å². The summed E-state index contributed by atoms with van der Waals surface area (Å²) in [6.45, 7) is 1.47. The largest absolute Gasteiger partial charge is 0.288 e. The van der Waals surface area contributed by atoms with E-state index in [0.717, 1.165) is 17.8 Å². The van der Waals surface area contributed by atoms with Gasteiger partial charge in [0.25, 0.3) is 0 Å². The smallest absolute Gasteiger partial charge is 0.231 e. The van der Waals surface area contributed by atoms with Crippen LogP contribution in [0.4, 0.5) is 8.78 Å². The second-order valence-electron chi connectivity index (χ2n) is 2.86. The van der Waals surface area contributed by atoms with Gasteiger partial charge in [0.1, 0.15) is 0 Å². The lowest BCUT2D eigenvalue weighted by atomic mass is 10.3. The molecule has 0 N–H and O–H groups in total. The molecule has 0 aliphatic heterocycles. The van der Waals surface area contributed by atoms with Crippen molar-refractivity contribution in [2.45, 2.75) is 13.3 Å². The zero-order chi connectivity index (χ0) is 12.0. The molecule has 16 heavy (non-hydrogen) atoms. The summed E-state index contributed by atoms with van der Waals surface area (Å²) in [6.07, 6.45) is 0.473. The molecule has 1 aromatic rings. The third kappa shape index (κ3) is 4.41. The van der Waals surface area contributed by atoms with Gasteiger partial charge in [-0.05, 0) is 12.1 Å². The highest BCUT2D eigenvalue weighted by atomic mass is 32.2. The van der Waals surface area contributed by atoms with Crippen LogP contribution < -0.4 is 0 Å². The van der Waals surface area contributed by atoms with Crippen molar-refractivity contribution in [3.8, 4) is 11.8 Å². The average Bonchev–Trinajstić information content (AvgIpc) is 2.20. The van der Waals surface area contributed by atoms with Crippen molar-refractivity contribution in [1.82, 2.24) is 4.98 Å². The molecule has 0 unspecified atom stereocenters. The van der Waals surface area contributed by atoms with Crippen molar-refractivity contribution in [2.75, 3.05) is 5.75 Å². The highest BCUT2D eigenvalue weighted by Gasteiger charge is 2.01. The number of carbonyl (C=O) groups is 1. The Bertz CT molecular complexity index is 451. The average molecular weight is 241 g/mol. The lowest BCUT2D eigenvalue weighted by molar-refractivity contribution is -0.109. The highest BCUT2D eigenvalue weighted by molar-refractivity contribution is 8.13. The summed E-state index contributed by atoms with van der Waals surface area (Å²) in [5, 5.41) is 0.0245. The molecule has 5 heteroatoms. The summed E-state index contributed by atoms with van der Waals surface area (Å²) in [7, 11) is 0. The van der Waals surface area contributed by atoms with E-state index in [4.69, 9.17) is 0 Å². The number of pyridine rings is 1. The van der Waals surface area contributed by atoms with E-state index < -0.39 is 11.9 Å². The number of hydrogen-bond donors (Lipinski definition) is 0. The molecule has 0 amide bonds. The fraction of sp³-hybridized carbons (Fsp3) is 0.273. The van der Waals surface area contributed by atoms with Crippen LogP contribution in [0, 0.1) is 23.7 Å². The molecule has 84 valence electrons. The Labute approximate surface area is 96.5 Å². The molecule has 0 saturated carbocycles. The molecule has 2 nitrogen and oxygen atoms in total. The normalized spacial score (nSPS) is 9.44. The van der Waals surface area contributed by atoms with E-state index in [9.17, 15) is 13.6 Å². The number of thioether (sulfide) groups is 1. The summed E-state index contributed by atoms with van der Waals surface area (Å²) in [6, 6.07) is 2.29. The van der Waals surface area contributed by atoms with E-state index in [1.54, 1.807) is 0 Å². The number of halogens is 2. The first-order chi connectivity index (χ1) is 7.59. The predicted molar refractivity (Wildman–Crippen MR) is 58.8 cm³/mol. The van der Waals surface area contributed by atoms with E-state index in [-0.39, 0.29) is 10.7 Å². The first kappa shape index (κ1) is 12.7. The minimum atomic E-state index is -0.910. The molecule has 0 fully saturated rings. The summed E-state index contributed by atoms with van der Waals surface area (Å²) in [5.41, 5.74) is 0.0641. The van der Waals surface area contributed by atoms with Crippen LogP contribution in [0.25, 0.3) is 0 Å². The Morgan fingerprint density at radius 1 is 1.50 bits per heavy atom. The molecular weight excluding hydrogens is 232 g/mol. The molecule has 0 aliphatic rings. The Morgan fingerprint density at radius 2 is 2.25 bits per heavy atom. The summed E-state index contributed by atoms with van der Waals surface area (Å²) >= 11 is 1.16. The molecule has 1 aromatic heterocycles. The van der Waals surface area contributed by atoms with Crippen molar-refractivity contribution < 1.29 is 13.6 Å². The second-order valence-corrected chi connectivity index (χ2v) is 4.14. The van der Waals surface area contributed by atoms with Crippen molar-refractivity contribution >= 4 is 16.9 Å². The Hall–Kier alpha value is -1.41. The van der Waals surface area contributed by atoms with E-state index in [0.29, 0.717) is 12.2 Å². The fourth-order valence-electron chi connectivity index (χ4n) is 0.909. The van der Waals surface area contributed by atoms with Gasteiger partial charge in [-0.2, -0.15) is 13.8 Å². The van der Waals surface area contributed by atoms with Gasteiger partial charge in [-0.3, -0.25) is 4.79 Å². The van der Waals surface area contributed by atoms with Crippen LogP contribution in [-0.4, -0.2) is 15.9 Å². The van der Waals surface area contributed by atoms with Gasteiger partial charge in [-0.25, -0.2) is 0 Å². The molecule has 0 atom stereocenters. The maximum atomic E-state index is 13.0. The molecular formula is C11H9F2NOS. The van der Waals surface area contributed by atoms with Crippen LogP contribution >= 0.6 is 11.8 Å². The van der Waals surface area contributed by atoms with Gasteiger partial charge in [-0.1, -0.05) is 23.6 Å². The van der Waals surface area contributed by atoms with Gasteiger partial charge in [0, 0.05) is 19.1 Å². The number of rotatable bonds is 2. The standard InChI is InChI=1S/C11H9F2NOS/c1-8(15)16-7-3-2-4-9-5-6-10(12)14-11(9)13/h5-6H,3,7H2,1H3. The maximum Gasteiger partial charge on any atom is 0.231 e. The zero-order valence-electron chi connectivity index (χ0n) is 8.59. The summed E-state index contributed by atoms with van der Waals surface area (Å²) < 4.78 is 25.4. The Morgan fingerprint density at radius 3 is 2.88 bits per heavy atom. The van der Waals surface area contributed by atoms with Crippen molar-refractivity contribution in [3.63, 3.8) is 0 Å². The third-order valence-electron chi connectivity index (χ3n) is 1.57. The van der Waals surface area contributed by atoms with Crippen molar-refractivity contribution in [2.24, 2.45) is 0 Å². The first-order valence-electron chi connectivity index (χ1n) is 4.54. The van der Waals surface area contributed by atoms with Crippen molar-refractivity contribution in [3.05, 3.63) is 29.6 Å². The topological polar surface area (TPSA) is 30.0 Å². The number of hydrogen-bond acceptors (Lipinski definition) is 3. The molecule has 1 rings (SSSR count). The zero-order valence-corrected chi connectivity index (χ0v) is 9.41. The summed E-state index contributed by atoms with van der Waals surface area (Å²) in [5.74, 6) is 4.02. The monoisotopic (exact) mass is 241 g/mol. The molecule has 0 radical (unpaired) electrons. The van der Waals surface area contributed by atoms with Gasteiger partial charge in [0.2, 0.25) is 11.9 Å². The van der Waals surface area contributed by atoms with E-state index in [2.05, 4.69) is 16.8 Å². The molecule has 0 spiro atoms. The van der Waals surface area contributed by atoms with E-state index in [1.165, 1.54) is 13.0 Å². The van der Waals surface area contributed by atoms with Gasteiger partial charge < -0.3 is 0 Å². The van der Waals surface area contributed by atoms with Crippen LogP contribution in [-0.2, 0) is 4.79 Å². The number of carbonyl (C=O) groups excluding carboxylic acids is 1. The lowest BCUT2D eigenvalue weighted by Crippen LogP contribution is -1.92. The number of nitrogens with zero attached hydrogens (tertiary/aromatic N) is 1. The second kappa shape index (κ2) is 6.23. The quantitative estimate of drug-likeness (QED) is 0.452. The van der Waals surface area contributed by atoms with Crippen LogP contribution in [0.5, 0.6) is 0 Å². The summed E-state index contributed by atoms with van der Waals surface area (Å²) in [4.78, 5) is 13.6. The van der Waals surface area contributed by atoms with Crippen LogP contribution in [0.15, 0.2) is 12.1 Å². The molecule has 1 heterocycles. The lowest BCUT2D eigenvalue weighted by Gasteiger charge is -1.92. The van der Waals surface area contributed by atoms with Gasteiger partial charge >= 0.3 is 0 Å². The molecule has 0 aromatic carbocycles. The molecule has 0 bridgehead atoms. The fourth-order valence-corrected chi connectivity index (χ4v) is 1.40. The Kier molecular flexibility index (Phi) is 4.93. The van der Waals surface area contributed by atoms with Crippen LogP contribution in [0.1, 0.15) is 18.9 Å². The Balaban J connectivity index is 2.53. The van der Waals surface area contributed by atoms with Crippen LogP contribution in [0.3, 0.4) is 0 Å². The minimum Gasteiger partial charge on any atom is -0.288 e. The minimum absolute atomic E-state index is 0.0245. The van der Waals surface area contributed by atoms with Crippen LogP contribution in [0.2, 0.25) is 0 Å². The highest BCUT2D eigenvalue weighted by Crippen LogP contribution is 2.05.